The Bertz CT molecular complexity index is 1200. The number of nitrogens with one attached hydrogen (secondary N) is 1. The summed E-state index contributed by atoms with van der Waals surface area (Å²) >= 11 is 7.72. The van der Waals surface area contributed by atoms with Gasteiger partial charge in [-0.25, -0.2) is 0 Å². The molecule has 0 aliphatic carbocycles. The van der Waals surface area contributed by atoms with Crippen molar-refractivity contribution in [1.29, 1.82) is 0 Å². The third-order valence-electron chi connectivity index (χ3n) is 4.54. The normalized spacial score (nSPS) is 14.9. The maximum atomic E-state index is 6.31. The molecule has 0 saturated heterocycles. The van der Waals surface area contributed by atoms with Crippen LogP contribution in [0.25, 0.3) is 22.6 Å². The van der Waals surface area contributed by atoms with Crippen molar-refractivity contribution in [3.8, 4) is 28.5 Å². The summed E-state index contributed by atoms with van der Waals surface area (Å²) in [4.78, 5) is 4.51. The van der Waals surface area contributed by atoms with Gasteiger partial charge in [0.1, 0.15) is 5.76 Å². The van der Waals surface area contributed by atoms with Crippen LogP contribution in [0.1, 0.15) is 12.0 Å². The molecule has 0 radical (unpaired) electrons. The Balaban J connectivity index is 1.58. The van der Waals surface area contributed by atoms with Crippen LogP contribution in [0.5, 0.6) is 5.88 Å². The molecular formula is C21H15ClN4O2S. The summed E-state index contributed by atoms with van der Waals surface area (Å²) in [5, 5.41) is 13.0. The maximum Gasteiger partial charge on any atom is 0.247 e. The number of hydrogen-bond donors (Lipinski definition) is 1. The number of benzene rings is 2. The van der Waals surface area contributed by atoms with Gasteiger partial charge in [-0.05, 0) is 36.6 Å². The molecule has 5 rings (SSSR count). The van der Waals surface area contributed by atoms with Crippen molar-refractivity contribution in [2.24, 2.45) is 0 Å². The Morgan fingerprint density at radius 1 is 0.966 bits per heavy atom. The molecule has 4 aromatic rings. The number of halogens is 1. The number of fused-ring (bicyclic) bond motifs is 3. The van der Waals surface area contributed by atoms with E-state index in [4.69, 9.17) is 20.8 Å². The summed E-state index contributed by atoms with van der Waals surface area (Å²) in [6.45, 7) is 0. The largest absolute Gasteiger partial charge is 0.455 e. The SMILES string of the molecule is CSc1nnc2c(n1)O[C@H](c1ccc(-c3ccccc3Cl)o1)Nc1ccccc1-2. The predicted molar refractivity (Wildman–Crippen MR) is 113 cm³/mol. The summed E-state index contributed by atoms with van der Waals surface area (Å²) in [5.41, 5.74) is 3.14. The standard InChI is InChI=1S/C21H15ClN4O2S/c1-29-21-24-20-18(25-26-21)13-7-3-5-9-15(13)23-19(28-20)17-11-10-16(27-17)12-6-2-4-8-14(12)22/h2-11,19,23H,1H3/t19-/m1/s1. The van der Waals surface area contributed by atoms with E-state index in [0.29, 0.717) is 33.3 Å². The molecule has 1 aliphatic rings. The lowest BCUT2D eigenvalue weighted by atomic mass is 10.1. The Morgan fingerprint density at radius 3 is 2.59 bits per heavy atom. The molecule has 144 valence electrons. The van der Waals surface area contributed by atoms with Crippen molar-refractivity contribution in [1.82, 2.24) is 15.2 Å². The van der Waals surface area contributed by atoms with E-state index in [1.54, 1.807) is 0 Å². The van der Waals surface area contributed by atoms with Crippen molar-refractivity contribution in [2.45, 2.75) is 11.4 Å². The number of ether oxygens (including phenoxy) is 1. The van der Waals surface area contributed by atoms with Crippen molar-refractivity contribution >= 4 is 29.1 Å². The minimum Gasteiger partial charge on any atom is -0.455 e. The Hall–Kier alpha value is -3.03. The first-order chi connectivity index (χ1) is 14.2. The van der Waals surface area contributed by atoms with Crippen molar-refractivity contribution in [3.63, 3.8) is 0 Å². The molecule has 0 saturated carbocycles. The van der Waals surface area contributed by atoms with E-state index in [2.05, 4.69) is 20.5 Å². The van der Waals surface area contributed by atoms with Gasteiger partial charge in [-0.2, -0.15) is 4.98 Å². The van der Waals surface area contributed by atoms with Crippen LogP contribution in [0.15, 0.2) is 70.2 Å². The maximum absolute atomic E-state index is 6.31. The Morgan fingerprint density at radius 2 is 1.76 bits per heavy atom. The van der Waals surface area contributed by atoms with E-state index in [-0.39, 0.29) is 0 Å². The zero-order chi connectivity index (χ0) is 19.8. The van der Waals surface area contributed by atoms with Gasteiger partial charge in [-0.1, -0.05) is 53.7 Å². The lowest BCUT2D eigenvalue weighted by Crippen LogP contribution is -2.16. The van der Waals surface area contributed by atoms with E-state index in [9.17, 15) is 0 Å². The highest BCUT2D eigenvalue weighted by Crippen LogP contribution is 2.40. The van der Waals surface area contributed by atoms with Gasteiger partial charge in [0.15, 0.2) is 11.5 Å². The first-order valence-corrected chi connectivity index (χ1v) is 10.5. The molecular weight excluding hydrogens is 408 g/mol. The van der Waals surface area contributed by atoms with Gasteiger partial charge < -0.3 is 14.5 Å². The smallest absolute Gasteiger partial charge is 0.247 e. The highest BCUT2D eigenvalue weighted by Gasteiger charge is 2.28. The monoisotopic (exact) mass is 422 g/mol. The number of furan rings is 1. The Labute approximate surface area is 176 Å². The van der Waals surface area contributed by atoms with Gasteiger partial charge in [0.05, 0.1) is 5.02 Å². The topological polar surface area (TPSA) is 73.1 Å². The van der Waals surface area contributed by atoms with E-state index in [0.717, 1.165) is 16.8 Å². The second kappa shape index (κ2) is 7.42. The number of thioether (sulfide) groups is 1. The van der Waals surface area contributed by atoms with Crippen LogP contribution in [-0.4, -0.2) is 21.4 Å². The summed E-state index contributed by atoms with van der Waals surface area (Å²) in [6.07, 6.45) is 1.31. The fraction of sp³-hybridized carbons (Fsp3) is 0.0952. The number of rotatable bonds is 3. The number of nitrogens with zero attached hydrogens (tertiary/aromatic N) is 3. The minimum absolute atomic E-state index is 0.405. The van der Waals surface area contributed by atoms with Gasteiger partial charge in [0, 0.05) is 16.8 Å². The molecule has 3 heterocycles. The van der Waals surface area contributed by atoms with Crippen LogP contribution >= 0.6 is 23.4 Å². The zero-order valence-corrected chi connectivity index (χ0v) is 16.9. The Kier molecular flexibility index (Phi) is 4.61. The zero-order valence-electron chi connectivity index (χ0n) is 15.3. The summed E-state index contributed by atoms with van der Waals surface area (Å²) < 4.78 is 12.3. The van der Waals surface area contributed by atoms with Crippen molar-refractivity contribution in [2.75, 3.05) is 11.6 Å². The van der Waals surface area contributed by atoms with E-state index < -0.39 is 6.23 Å². The minimum atomic E-state index is -0.583. The molecule has 6 nitrogen and oxygen atoms in total. The molecule has 1 N–H and O–H groups in total. The fourth-order valence-corrected chi connectivity index (χ4v) is 3.69. The molecule has 1 atom stereocenters. The third kappa shape index (κ3) is 3.32. The lowest BCUT2D eigenvalue weighted by Gasteiger charge is -2.16. The number of hydrogen-bond acceptors (Lipinski definition) is 7. The van der Waals surface area contributed by atoms with Crippen LogP contribution < -0.4 is 10.1 Å². The molecule has 0 fully saturated rings. The summed E-state index contributed by atoms with van der Waals surface area (Å²) in [5.74, 6) is 1.67. The predicted octanol–water partition coefficient (Wildman–Crippen LogP) is 5.68. The fourth-order valence-electron chi connectivity index (χ4n) is 3.16. The average molecular weight is 423 g/mol. The van der Waals surface area contributed by atoms with Crippen LogP contribution in [0.3, 0.4) is 0 Å². The van der Waals surface area contributed by atoms with Gasteiger partial charge in [-0.15, -0.1) is 10.2 Å². The second-order valence-electron chi connectivity index (χ2n) is 6.32. The highest BCUT2D eigenvalue weighted by molar-refractivity contribution is 7.98. The molecule has 0 amide bonds. The van der Waals surface area contributed by atoms with Crippen LogP contribution in [-0.2, 0) is 0 Å². The quantitative estimate of drug-likeness (QED) is 0.426. The molecule has 2 aromatic heterocycles. The molecule has 1 aliphatic heterocycles. The van der Waals surface area contributed by atoms with Crippen molar-refractivity contribution < 1.29 is 9.15 Å². The van der Waals surface area contributed by atoms with Gasteiger partial charge in [-0.3, -0.25) is 0 Å². The van der Waals surface area contributed by atoms with Crippen LogP contribution in [0, 0.1) is 0 Å². The number of aromatic nitrogens is 3. The number of anilines is 1. The summed E-state index contributed by atoms with van der Waals surface area (Å²) in [7, 11) is 0. The van der Waals surface area contributed by atoms with Crippen LogP contribution in [0.2, 0.25) is 5.02 Å². The molecule has 29 heavy (non-hydrogen) atoms. The molecule has 8 heteroatoms. The van der Waals surface area contributed by atoms with E-state index >= 15 is 0 Å². The second-order valence-corrected chi connectivity index (χ2v) is 7.50. The van der Waals surface area contributed by atoms with Crippen molar-refractivity contribution in [3.05, 3.63) is 71.4 Å². The molecule has 0 bridgehead atoms. The van der Waals surface area contributed by atoms with E-state index in [1.807, 2.05) is 66.9 Å². The molecule has 2 aromatic carbocycles. The first-order valence-electron chi connectivity index (χ1n) is 8.89. The van der Waals surface area contributed by atoms with Gasteiger partial charge in [0.2, 0.25) is 17.3 Å². The summed E-state index contributed by atoms with van der Waals surface area (Å²) in [6, 6.07) is 19.1. The van der Waals surface area contributed by atoms with Gasteiger partial charge in [0.25, 0.3) is 0 Å². The number of para-hydroxylation sites is 1. The molecule has 0 spiro atoms. The average Bonchev–Trinajstić information content (AvgIpc) is 3.17. The van der Waals surface area contributed by atoms with Gasteiger partial charge >= 0.3 is 0 Å². The van der Waals surface area contributed by atoms with Crippen LogP contribution in [0.4, 0.5) is 5.69 Å². The third-order valence-corrected chi connectivity index (χ3v) is 5.41. The lowest BCUT2D eigenvalue weighted by molar-refractivity contribution is 0.196. The molecule has 0 unspecified atom stereocenters. The van der Waals surface area contributed by atoms with E-state index in [1.165, 1.54) is 11.8 Å². The highest BCUT2D eigenvalue weighted by atomic mass is 35.5. The first kappa shape index (κ1) is 18.0.